The summed E-state index contributed by atoms with van der Waals surface area (Å²) in [7, 11) is 1.43. The van der Waals surface area contributed by atoms with E-state index in [4.69, 9.17) is 26.8 Å². The lowest BCUT2D eigenvalue weighted by Crippen LogP contribution is -2.16. The van der Waals surface area contributed by atoms with E-state index in [-0.39, 0.29) is 33.3 Å². The largest absolute Gasteiger partial charge is 0.497 e. The van der Waals surface area contributed by atoms with Gasteiger partial charge >= 0.3 is 6.18 Å². The number of nitrogens with two attached hydrogens (primary N) is 1. The van der Waals surface area contributed by atoms with Crippen LogP contribution in [0, 0.1) is 0 Å². The Morgan fingerprint density at radius 1 is 1.00 bits per heavy atom. The summed E-state index contributed by atoms with van der Waals surface area (Å²) in [5, 5.41) is 2.58. The average molecular weight is 465 g/mol. The van der Waals surface area contributed by atoms with Crippen LogP contribution in [0.4, 0.5) is 18.9 Å². The van der Waals surface area contributed by atoms with Crippen LogP contribution in [0.25, 0.3) is 0 Å². The van der Waals surface area contributed by atoms with E-state index in [0.29, 0.717) is 11.8 Å². The molecule has 0 aliphatic carbocycles. The molecule has 0 aliphatic rings. The molecule has 0 aliphatic heterocycles. The van der Waals surface area contributed by atoms with Crippen LogP contribution in [-0.2, 0) is 6.18 Å². The normalized spacial score (nSPS) is 11.0. The van der Waals surface area contributed by atoms with E-state index in [1.165, 1.54) is 49.6 Å². The van der Waals surface area contributed by atoms with Crippen molar-refractivity contribution >= 4 is 29.1 Å². The van der Waals surface area contributed by atoms with Gasteiger partial charge in [0.1, 0.15) is 17.2 Å². The zero-order valence-electron chi connectivity index (χ0n) is 16.5. The summed E-state index contributed by atoms with van der Waals surface area (Å²) in [6.07, 6.45) is -4.66. The van der Waals surface area contributed by atoms with Crippen LogP contribution in [-0.4, -0.2) is 18.9 Å². The van der Waals surface area contributed by atoms with Gasteiger partial charge in [-0.05, 0) is 48.5 Å². The highest BCUT2D eigenvalue weighted by molar-refractivity contribution is 6.32. The molecule has 0 aromatic heterocycles. The Morgan fingerprint density at radius 3 is 2.38 bits per heavy atom. The first-order valence-corrected chi connectivity index (χ1v) is 9.40. The van der Waals surface area contributed by atoms with Crippen molar-refractivity contribution in [3.8, 4) is 17.2 Å². The van der Waals surface area contributed by atoms with Gasteiger partial charge in [-0.3, -0.25) is 9.59 Å². The Balaban J connectivity index is 1.98. The molecule has 2 amide bonds. The number of carbonyl (C=O) groups excluding carboxylic acids is 2. The van der Waals surface area contributed by atoms with Gasteiger partial charge in [0.15, 0.2) is 0 Å². The van der Waals surface area contributed by atoms with Gasteiger partial charge in [-0.25, -0.2) is 0 Å². The molecule has 6 nitrogen and oxygen atoms in total. The summed E-state index contributed by atoms with van der Waals surface area (Å²) in [4.78, 5) is 24.1. The zero-order chi connectivity index (χ0) is 23.5. The number of benzene rings is 3. The molecule has 166 valence electrons. The van der Waals surface area contributed by atoms with E-state index in [1.807, 2.05) is 0 Å². The van der Waals surface area contributed by atoms with Crippen molar-refractivity contribution in [3.05, 3.63) is 82.4 Å². The van der Waals surface area contributed by atoms with Crippen LogP contribution in [0.2, 0.25) is 5.02 Å². The lowest BCUT2D eigenvalue weighted by molar-refractivity contribution is -0.137. The number of rotatable bonds is 6. The second kappa shape index (κ2) is 9.19. The number of halogens is 4. The summed E-state index contributed by atoms with van der Waals surface area (Å²) >= 11 is 6.12. The zero-order valence-corrected chi connectivity index (χ0v) is 17.3. The van der Waals surface area contributed by atoms with Crippen molar-refractivity contribution in [2.75, 3.05) is 12.4 Å². The number of hydrogen-bond donors (Lipinski definition) is 2. The van der Waals surface area contributed by atoms with Gasteiger partial charge in [-0.15, -0.1) is 0 Å². The SMILES string of the molecule is COc1ccc(Oc2cc(C(F)(F)F)ccc2C(=O)Nc2cccc(C(N)=O)c2)c(Cl)c1. The molecular weight excluding hydrogens is 449 g/mol. The number of anilines is 1. The first kappa shape index (κ1) is 23.0. The van der Waals surface area contributed by atoms with Crippen molar-refractivity contribution in [2.45, 2.75) is 6.18 Å². The molecule has 0 saturated carbocycles. The average Bonchev–Trinajstić information content (AvgIpc) is 2.74. The maximum absolute atomic E-state index is 13.2. The van der Waals surface area contributed by atoms with Crippen LogP contribution in [0.15, 0.2) is 60.7 Å². The summed E-state index contributed by atoms with van der Waals surface area (Å²) in [6.45, 7) is 0. The molecule has 0 spiro atoms. The minimum atomic E-state index is -4.66. The first-order valence-electron chi connectivity index (χ1n) is 9.02. The number of primary amides is 1. The summed E-state index contributed by atoms with van der Waals surface area (Å²) in [5.41, 5.74) is 4.40. The van der Waals surface area contributed by atoms with E-state index in [1.54, 1.807) is 0 Å². The van der Waals surface area contributed by atoms with Gasteiger partial charge < -0.3 is 20.5 Å². The molecule has 0 unspecified atom stereocenters. The molecule has 3 aromatic rings. The van der Waals surface area contributed by atoms with Gasteiger partial charge in [0.2, 0.25) is 5.91 Å². The predicted molar refractivity (Wildman–Crippen MR) is 112 cm³/mol. The summed E-state index contributed by atoms with van der Waals surface area (Å²) < 4.78 is 50.3. The van der Waals surface area contributed by atoms with E-state index in [9.17, 15) is 22.8 Å². The Labute approximate surface area is 185 Å². The minimum Gasteiger partial charge on any atom is -0.497 e. The fraction of sp³-hybridized carbons (Fsp3) is 0.0909. The number of carbonyl (C=O) groups is 2. The third-order valence-corrected chi connectivity index (χ3v) is 4.61. The number of hydrogen-bond acceptors (Lipinski definition) is 4. The second-order valence-electron chi connectivity index (χ2n) is 6.51. The molecule has 3 N–H and O–H groups in total. The van der Waals surface area contributed by atoms with Gasteiger partial charge in [0.05, 0.1) is 23.3 Å². The highest BCUT2D eigenvalue weighted by Gasteiger charge is 2.32. The highest BCUT2D eigenvalue weighted by Crippen LogP contribution is 2.38. The van der Waals surface area contributed by atoms with E-state index < -0.39 is 23.6 Å². The molecule has 0 bridgehead atoms. The van der Waals surface area contributed by atoms with Gasteiger partial charge in [0, 0.05) is 17.3 Å². The van der Waals surface area contributed by atoms with Crippen LogP contribution in [0.5, 0.6) is 17.2 Å². The van der Waals surface area contributed by atoms with Crippen molar-refractivity contribution in [2.24, 2.45) is 5.73 Å². The molecule has 3 rings (SSSR count). The third kappa shape index (κ3) is 5.30. The summed E-state index contributed by atoms with van der Waals surface area (Å²) in [5.74, 6) is -1.39. The third-order valence-electron chi connectivity index (χ3n) is 4.32. The fourth-order valence-electron chi connectivity index (χ4n) is 2.73. The molecule has 0 fully saturated rings. The number of alkyl halides is 3. The molecule has 32 heavy (non-hydrogen) atoms. The Kier molecular flexibility index (Phi) is 6.59. The standard InChI is InChI=1S/C22H16ClF3N2O4/c1-31-15-6-8-18(17(23)11-15)32-19-10-13(22(24,25)26)5-7-16(19)21(30)28-14-4-2-3-12(9-14)20(27)29/h2-11H,1H3,(H2,27,29)(H,28,30). The first-order chi connectivity index (χ1) is 15.1. The lowest BCUT2D eigenvalue weighted by atomic mass is 10.1. The number of nitrogens with one attached hydrogen (secondary N) is 1. The van der Waals surface area contributed by atoms with E-state index >= 15 is 0 Å². The predicted octanol–water partition coefficient (Wildman–Crippen LogP) is 5.51. The molecular formula is C22H16ClF3N2O4. The minimum absolute atomic E-state index is 0.0246. The van der Waals surface area contributed by atoms with Crippen LogP contribution < -0.4 is 20.5 Å². The maximum Gasteiger partial charge on any atom is 0.416 e. The smallest absolute Gasteiger partial charge is 0.416 e. The van der Waals surface area contributed by atoms with Crippen molar-refractivity contribution in [1.29, 1.82) is 0 Å². The van der Waals surface area contributed by atoms with E-state index in [0.717, 1.165) is 12.1 Å². The molecule has 0 saturated heterocycles. The van der Waals surface area contributed by atoms with Crippen molar-refractivity contribution < 1.29 is 32.2 Å². The monoisotopic (exact) mass is 464 g/mol. The molecule has 10 heteroatoms. The summed E-state index contributed by atoms with van der Waals surface area (Å²) in [6, 6.07) is 12.6. The molecule has 0 atom stereocenters. The topological polar surface area (TPSA) is 90.7 Å². The van der Waals surface area contributed by atoms with E-state index in [2.05, 4.69) is 5.32 Å². The molecule has 0 radical (unpaired) electrons. The van der Waals surface area contributed by atoms with Gasteiger partial charge in [-0.1, -0.05) is 17.7 Å². The molecule has 3 aromatic carbocycles. The van der Waals surface area contributed by atoms with Gasteiger partial charge in [-0.2, -0.15) is 13.2 Å². The highest BCUT2D eigenvalue weighted by atomic mass is 35.5. The van der Waals surface area contributed by atoms with Crippen LogP contribution in [0.3, 0.4) is 0 Å². The Hall–Kier alpha value is -3.72. The maximum atomic E-state index is 13.2. The van der Waals surface area contributed by atoms with Crippen molar-refractivity contribution in [3.63, 3.8) is 0 Å². The second-order valence-corrected chi connectivity index (χ2v) is 6.91. The number of ether oxygens (including phenoxy) is 2. The number of amides is 2. The molecule has 0 heterocycles. The lowest BCUT2D eigenvalue weighted by Gasteiger charge is -2.16. The fourth-order valence-corrected chi connectivity index (χ4v) is 2.94. The Bertz CT molecular complexity index is 1180. The van der Waals surface area contributed by atoms with Gasteiger partial charge in [0.25, 0.3) is 5.91 Å². The van der Waals surface area contributed by atoms with Crippen LogP contribution >= 0.6 is 11.6 Å². The Morgan fingerprint density at radius 2 is 1.75 bits per heavy atom. The van der Waals surface area contributed by atoms with Crippen LogP contribution in [0.1, 0.15) is 26.3 Å². The number of methoxy groups -OCH3 is 1. The van der Waals surface area contributed by atoms with Crippen molar-refractivity contribution in [1.82, 2.24) is 0 Å². The quantitative estimate of drug-likeness (QED) is 0.503.